The highest BCUT2D eigenvalue weighted by molar-refractivity contribution is 5.51. The summed E-state index contributed by atoms with van der Waals surface area (Å²) in [7, 11) is 0. The maximum atomic E-state index is 12.9. The van der Waals surface area contributed by atoms with Gasteiger partial charge < -0.3 is 10.8 Å². The predicted octanol–water partition coefficient (Wildman–Crippen LogP) is 1.49. The number of hydrogen-bond donors (Lipinski definition) is 2. The van der Waals surface area contributed by atoms with Crippen LogP contribution in [0.25, 0.3) is 0 Å². The van der Waals surface area contributed by atoms with E-state index in [1.54, 1.807) is 0 Å². The van der Waals surface area contributed by atoms with E-state index in [9.17, 15) is 18.9 Å². The molecule has 0 aliphatic heterocycles. The number of nitro benzene ring substituents is 1. The quantitative estimate of drug-likeness (QED) is 0.595. The smallest absolute Gasteiger partial charge is 0.311 e. The third-order valence-electron chi connectivity index (χ3n) is 2.72. The predicted molar refractivity (Wildman–Crippen MR) is 50.2 cm³/mol. The molecule has 1 aliphatic carbocycles. The van der Waals surface area contributed by atoms with Crippen molar-refractivity contribution in [1.82, 2.24) is 0 Å². The van der Waals surface area contributed by atoms with Gasteiger partial charge in [0, 0.05) is 12.5 Å². The summed E-state index contributed by atoms with van der Waals surface area (Å²) in [6.07, 6.45) is -0.540. The van der Waals surface area contributed by atoms with Crippen molar-refractivity contribution in [3.63, 3.8) is 0 Å². The molecule has 1 aromatic carbocycles. The molecule has 0 radical (unpaired) electrons. The summed E-state index contributed by atoms with van der Waals surface area (Å²) in [5.41, 5.74) is 2.91. The van der Waals surface area contributed by atoms with Crippen LogP contribution >= 0.6 is 0 Å². The van der Waals surface area contributed by atoms with Crippen LogP contribution in [0.5, 0.6) is 5.75 Å². The van der Waals surface area contributed by atoms with Gasteiger partial charge in [-0.3, -0.25) is 10.1 Å². The molecule has 1 aliphatic rings. The maximum Gasteiger partial charge on any atom is 0.311 e. The lowest BCUT2D eigenvalue weighted by Gasteiger charge is -2.10. The Balaban J connectivity index is 2.46. The third-order valence-corrected chi connectivity index (χ3v) is 2.72. The molecule has 0 bridgehead atoms. The molecular weight excluding hydrogens is 222 g/mol. The van der Waals surface area contributed by atoms with Gasteiger partial charge in [-0.15, -0.1) is 0 Å². The van der Waals surface area contributed by atoms with Crippen molar-refractivity contribution in [2.75, 3.05) is 0 Å². The van der Waals surface area contributed by atoms with E-state index in [0.29, 0.717) is 0 Å². The first-order chi connectivity index (χ1) is 7.28. The van der Waals surface area contributed by atoms with E-state index in [1.807, 2.05) is 0 Å². The summed E-state index contributed by atoms with van der Waals surface area (Å²) in [6, 6.07) is 3.05. The number of benzene rings is 1. The van der Waals surface area contributed by atoms with Crippen molar-refractivity contribution >= 4 is 5.69 Å². The van der Waals surface area contributed by atoms with Gasteiger partial charge in [0.2, 0.25) is 0 Å². The number of aromatic hydroxyl groups is 1. The van der Waals surface area contributed by atoms with Crippen molar-refractivity contribution in [3.05, 3.63) is 33.9 Å². The summed E-state index contributed by atoms with van der Waals surface area (Å²) >= 11 is 0. The van der Waals surface area contributed by atoms with Gasteiger partial charge in [-0.1, -0.05) is 6.07 Å². The van der Waals surface area contributed by atoms with Crippen molar-refractivity contribution in [3.8, 4) is 5.75 Å². The molecule has 86 valence electrons. The minimum Gasteiger partial charge on any atom is -0.502 e. The SMILES string of the molecule is NC1(c2ccc(O)c([N+](=O)[O-])c2)CC1(F)F. The fraction of sp³-hybridized carbons (Fsp3) is 0.333. The lowest BCUT2D eigenvalue weighted by molar-refractivity contribution is -0.386. The first kappa shape index (κ1) is 10.7. The molecular formula is C9H8F2N2O3. The van der Waals surface area contributed by atoms with E-state index in [2.05, 4.69) is 0 Å². The van der Waals surface area contributed by atoms with Gasteiger partial charge in [-0.25, -0.2) is 8.78 Å². The van der Waals surface area contributed by atoms with Crippen LogP contribution in [0.15, 0.2) is 18.2 Å². The zero-order valence-electron chi connectivity index (χ0n) is 7.98. The maximum absolute atomic E-state index is 12.9. The van der Waals surface area contributed by atoms with Crippen LogP contribution < -0.4 is 5.73 Å². The minimum absolute atomic E-state index is 0.0398. The molecule has 3 N–H and O–H groups in total. The molecule has 1 aromatic rings. The second-order valence-electron chi connectivity index (χ2n) is 3.81. The molecule has 7 heteroatoms. The minimum atomic E-state index is -3.04. The van der Waals surface area contributed by atoms with Crippen LogP contribution in [0.1, 0.15) is 12.0 Å². The van der Waals surface area contributed by atoms with Gasteiger partial charge in [-0.2, -0.15) is 0 Å². The Hall–Kier alpha value is -1.76. The molecule has 1 atom stereocenters. The largest absolute Gasteiger partial charge is 0.502 e. The molecule has 1 saturated carbocycles. The Kier molecular flexibility index (Phi) is 1.94. The van der Waals surface area contributed by atoms with Gasteiger partial charge >= 0.3 is 5.69 Å². The van der Waals surface area contributed by atoms with Crippen LogP contribution in [0.2, 0.25) is 0 Å². The Bertz CT molecular complexity index is 478. The van der Waals surface area contributed by atoms with E-state index in [4.69, 9.17) is 10.8 Å². The highest BCUT2D eigenvalue weighted by Crippen LogP contribution is 2.58. The average molecular weight is 230 g/mol. The number of phenols is 1. The summed E-state index contributed by atoms with van der Waals surface area (Å²) in [4.78, 5) is 9.66. The molecule has 16 heavy (non-hydrogen) atoms. The van der Waals surface area contributed by atoms with E-state index in [1.165, 1.54) is 6.07 Å². The van der Waals surface area contributed by atoms with Crippen LogP contribution in [-0.2, 0) is 5.54 Å². The zero-order chi connectivity index (χ0) is 12.1. The number of nitro groups is 1. The van der Waals surface area contributed by atoms with E-state index < -0.39 is 34.2 Å². The topological polar surface area (TPSA) is 89.4 Å². The van der Waals surface area contributed by atoms with Crippen LogP contribution in [0.4, 0.5) is 14.5 Å². The first-order valence-electron chi connectivity index (χ1n) is 4.42. The van der Waals surface area contributed by atoms with Crippen LogP contribution in [0, 0.1) is 10.1 Å². The van der Waals surface area contributed by atoms with Crippen molar-refractivity contribution in [2.24, 2.45) is 5.73 Å². The molecule has 0 spiro atoms. The molecule has 0 aromatic heterocycles. The number of hydrogen-bond acceptors (Lipinski definition) is 4. The summed E-state index contributed by atoms with van der Waals surface area (Å²) < 4.78 is 25.9. The second kappa shape index (κ2) is 2.88. The van der Waals surface area contributed by atoms with Gasteiger partial charge in [0.25, 0.3) is 5.92 Å². The number of nitrogens with two attached hydrogens (primary N) is 1. The standard InChI is InChI=1S/C9H8F2N2O3/c10-9(11)4-8(9,12)5-1-2-7(14)6(3-5)13(15)16/h1-3,14H,4,12H2. The van der Waals surface area contributed by atoms with Crippen LogP contribution in [-0.4, -0.2) is 16.0 Å². The fourth-order valence-electron chi connectivity index (χ4n) is 1.57. The molecule has 0 heterocycles. The Labute approximate surface area is 88.6 Å². The average Bonchev–Trinajstić information content (AvgIpc) is 2.67. The van der Waals surface area contributed by atoms with Gasteiger partial charge in [0.1, 0.15) is 5.54 Å². The number of phenolic OH excluding ortho intramolecular Hbond substituents is 1. The van der Waals surface area contributed by atoms with Crippen molar-refractivity contribution < 1.29 is 18.8 Å². The normalized spacial score (nSPS) is 26.4. The Morgan fingerprint density at radius 1 is 1.50 bits per heavy atom. The molecule has 2 rings (SSSR count). The number of nitrogens with zero attached hydrogens (tertiary/aromatic N) is 1. The first-order valence-corrected chi connectivity index (χ1v) is 4.42. The Morgan fingerprint density at radius 2 is 2.06 bits per heavy atom. The Morgan fingerprint density at radius 3 is 2.50 bits per heavy atom. The van der Waals surface area contributed by atoms with E-state index in [0.717, 1.165) is 12.1 Å². The number of halogens is 2. The highest BCUT2D eigenvalue weighted by atomic mass is 19.3. The molecule has 1 unspecified atom stereocenters. The lowest BCUT2D eigenvalue weighted by atomic mass is 10.0. The monoisotopic (exact) mass is 230 g/mol. The van der Waals surface area contributed by atoms with Gasteiger partial charge in [0.05, 0.1) is 4.92 Å². The molecule has 0 saturated heterocycles. The summed E-state index contributed by atoms with van der Waals surface area (Å²) in [5, 5.41) is 19.7. The van der Waals surface area contributed by atoms with E-state index >= 15 is 0 Å². The number of alkyl halides is 2. The van der Waals surface area contributed by atoms with Crippen molar-refractivity contribution in [2.45, 2.75) is 17.9 Å². The highest BCUT2D eigenvalue weighted by Gasteiger charge is 2.70. The van der Waals surface area contributed by atoms with Gasteiger partial charge in [0.15, 0.2) is 5.75 Å². The summed E-state index contributed by atoms with van der Waals surface area (Å²) in [6.45, 7) is 0. The fourth-order valence-corrected chi connectivity index (χ4v) is 1.57. The summed E-state index contributed by atoms with van der Waals surface area (Å²) in [5.74, 6) is -3.61. The lowest BCUT2D eigenvalue weighted by Crippen LogP contribution is -2.27. The van der Waals surface area contributed by atoms with Gasteiger partial charge in [-0.05, 0) is 11.6 Å². The second-order valence-corrected chi connectivity index (χ2v) is 3.81. The van der Waals surface area contributed by atoms with Crippen molar-refractivity contribution in [1.29, 1.82) is 0 Å². The number of rotatable bonds is 2. The molecule has 0 amide bonds. The molecule has 1 fully saturated rings. The van der Waals surface area contributed by atoms with Crippen LogP contribution in [0.3, 0.4) is 0 Å². The van der Waals surface area contributed by atoms with E-state index in [-0.39, 0.29) is 5.56 Å². The third kappa shape index (κ3) is 1.32. The zero-order valence-corrected chi connectivity index (χ0v) is 7.98. The molecule has 5 nitrogen and oxygen atoms in total.